The van der Waals surface area contributed by atoms with Crippen LogP contribution in [0.2, 0.25) is 0 Å². The topological polar surface area (TPSA) is 71.1 Å². The van der Waals surface area contributed by atoms with Gasteiger partial charge in [-0.15, -0.1) is 9.05 Å². The van der Waals surface area contributed by atoms with Crippen LogP contribution in [-0.4, -0.2) is 37.9 Å². The minimum atomic E-state index is -1.83. The molecular weight excluding hydrogens is 305 g/mol. The van der Waals surface area contributed by atoms with Crippen molar-refractivity contribution in [1.82, 2.24) is 0 Å². The normalized spacial score (nSPS) is 9.88. The molecule has 6 nitrogen and oxygen atoms in total. The van der Waals surface area contributed by atoms with E-state index < -0.39 is 18.2 Å². The highest BCUT2D eigenvalue weighted by Gasteiger charge is 2.22. The van der Waals surface area contributed by atoms with Crippen LogP contribution in [0.15, 0.2) is 0 Å². The molecule has 0 N–H and O–H groups in total. The number of alkyl halides is 3. The Bertz CT molecular complexity index is 213. The fraction of sp³-hybridized carbons (Fsp3) is 0.833. The van der Waals surface area contributed by atoms with Crippen LogP contribution < -0.4 is 0 Å². The molecule has 0 fully saturated rings. The molecule has 0 heterocycles. The third kappa shape index (κ3) is 16.6. The van der Waals surface area contributed by atoms with Gasteiger partial charge in [-0.2, -0.15) is 0 Å². The number of hydrogen-bond donors (Lipinski definition) is 0. The van der Waals surface area contributed by atoms with Gasteiger partial charge in [-0.05, 0) is 0 Å². The van der Waals surface area contributed by atoms with E-state index in [-0.39, 0.29) is 6.61 Å². The quantitative estimate of drug-likeness (QED) is 0.453. The molecule has 0 aliphatic carbocycles. The zero-order valence-electron chi connectivity index (χ0n) is 8.74. The van der Waals surface area contributed by atoms with Crippen LogP contribution in [0.3, 0.4) is 0 Å². The second kappa shape index (κ2) is 10.3. The van der Waals surface area contributed by atoms with Gasteiger partial charge in [-0.25, -0.2) is 4.79 Å². The molecule has 0 aliphatic rings. The Labute approximate surface area is 109 Å². The Balaban J connectivity index is 0. The molecule has 0 rings (SSSR count). The Hall–Kier alpha value is 0.160. The van der Waals surface area contributed by atoms with Crippen LogP contribution in [0.1, 0.15) is 0 Å². The van der Waals surface area contributed by atoms with E-state index in [0.29, 0.717) is 0 Å². The van der Waals surface area contributed by atoms with Gasteiger partial charge in [-0.3, -0.25) is 0 Å². The minimum Gasteiger partial charge on any atom is -0.438 e. The number of halogens is 3. The number of carbonyl (C=O) groups excluding carboxylic acids is 1. The Kier molecular flexibility index (Phi) is 12.0. The van der Waals surface area contributed by atoms with Gasteiger partial charge in [0, 0.05) is 4.57 Å². The van der Waals surface area contributed by atoms with Crippen LogP contribution in [0, 0.1) is 0 Å². The molecule has 0 radical (unpaired) electrons. The Morgan fingerprint density at radius 3 is 1.81 bits per heavy atom. The van der Waals surface area contributed by atoms with Gasteiger partial charge >= 0.3 is 14.4 Å². The number of hydrogen-bond acceptors (Lipinski definition) is 6. The van der Waals surface area contributed by atoms with Gasteiger partial charge in [0.25, 0.3) is 0 Å². The van der Waals surface area contributed by atoms with Gasteiger partial charge in [-0.1, -0.05) is 34.8 Å². The van der Waals surface area contributed by atoms with E-state index in [4.69, 9.17) is 34.8 Å². The third-order valence-electron chi connectivity index (χ3n) is 0.818. The summed E-state index contributed by atoms with van der Waals surface area (Å²) >= 11 is 15.7. The van der Waals surface area contributed by atoms with Crippen LogP contribution in [-0.2, 0) is 23.1 Å². The predicted molar refractivity (Wildman–Crippen MR) is 60.3 cm³/mol. The second-order valence-electron chi connectivity index (χ2n) is 1.95. The highest BCUT2D eigenvalue weighted by Crippen LogP contribution is 2.25. The zero-order chi connectivity index (χ0) is 13.2. The van der Waals surface area contributed by atoms with E-state index >= 15 is 0 Å². The molecule has 0 aliphatic heterocycles. The fourth-order valence-corrected chi connectivity index (χ4v) is 0.587. The molecule has 0 amide bonds. The molecule has 0 unspecified atom stereocenters. The van der Waals surface area contributed by atoms with E-state index in [1.54, 1.807) is 0 Å². The summed E-state index contributed by atoms with van der Waals surface area (Å²) in [6.45, 7) is -0.315. The first-order chi connectivity index (χ1) is 7.26. The number of ether oxygens (including phenoxy) is 2. The van der Waals surface area contributed by atoms with Crippen molar-refractivity contribution in [1.29, 1.82) is 0 Å². The van der Waals surface area contributed by atoms with Gasteiger partial charge in [0.2, 0.25) is 3.79 Å². The molecule has 0 aromatic rings. The first-order valence-corrected chi connectivity index (χ1v) is 5.82. The Morgan fingerprint density at radius 2 is 1.62 bits per heavy atom. The average Bonchev–Trinajstić information content (AvgIpc) is 2.24. The summed E-state index contributed by atoms with van der Waals surface area (Å²) in [5, 5.41) is 0. The number of rotatable bonds is 3. The average molecular weight is 316 g/mol. The molecule has 10 heteroatoms. The van der Waals surface area contributed by atoms with Crippen molar-refractivity contribution in [3.8, 4) is 0 Å². The van der Waals surface area contributed by atoms with Crippen molar-refractivity contribution in [2.24, 2.45) is 0 Å². The van der Waals surface area contributed by atoms with Crippen molar-refractivity contribution < 1.29 is 27.9 Å². The maximum atomic E-state index is 10.2. The van der Waals surface area contributed by atoms with Crippen molar-refractivity contribution in [3.05, 3.63) is 0 Å². The van der Waals surface area contributed by atoms with E-state index in [2.05, 4.69) is 18.5 Å². The summed E-state index contributed by atoms with van der Waals surface area (Å²) in [5.74, 6) is 0. The Morgan fingerprint density at radius 1 is 1.19 bits per heavy atom. The maximum absolute atomic E-state index is 10.2. The summed E-state index contributed by atoms with van der Waals surface area (Å²) in [6, 6.07) is 0. The van der Waals surface area contributed by atoms with Crippen LogP contribution in [0.5, 0.6) is 0 Å². The lowest BCUT2D eigenvalue weighted by atomic mass is 10.8. The molecule has 0 saturated heterocycles. The highest BCUT2D eigenvalue weighted by molar-refractivity contribution is 7.33. The van der Waals surface area contributed by atoms with Crippen LogP contribution in [0.25, 0.3) is 0 Å². The van der Waals surface area contributed by atoms with E-state index in [0.717, 1.165) is 0 Å². The lowest BCUT2D eigenvalue weighted by Crippen LogP contribution is -2.16. The van der Waals surface area contributed by atoms with Gasteiger partial charge in [0.05, 0.1) is 21.3 Å². The molecule has 96 valence electrons. The van der Waals surface area contributed by atoms with Crippen LogP contribution >= 0.6 is 43.1 Å². The molecule has 0 aromatic heterocycles. The first-order valence-electron chi connectivity index (χ1n) is 3.59. The molecule has 0 spiro atoms. The smallest absolute Gasteiger partial charge is 0.438 e. The molecule has 0 atom stereocenters. The standard InChI is InChI=1S/C4H5Cl3O3.C2H6O3P/c1-9-3(8)10-2-4(5,6)7;1-4-6(3)5-2/h2H2,1H3;1-2H3/q;+1. The molecule has 0 saturated carbocycles. The second-order valence-corrected chi connectivity index (χ2v) is 5.64. The first kappa shape index (κ1) is 18.5. The van der Waals surface area contributed by atoms with Crippen LogP contribution in [0.4, 0.5) is 4.79 Å². The van der Waals surface area contributed by atoms with Gasteiger partial charge in [0.15, 0.2) is 0 Å². The maximum Gasteiger partial charge on any atom is 0.696 e. The van der Waals surface area contributed by atoms with Crippen molar-refractivity contribution in [3.63, 3.8) is 0 Å². The highest BCUT2D eigenvalue weighted by atomic mass is 35.6. The summed E-state index contributed by atoms with van der Waals surface area (Å²) in [4.78, 5) is 10.2. The third-order valence-corrected chi connectivity index (χ3v) is 1.74. The number of methoxy groups -OCH3 is 1. The molecular formula is C6H11Cl3O6P+. The molecule has 0 aromatic carbocycles. The zero-order valence-corrected chi connectivity index (χ0v) is 11.9. The largest absolute Gasteiger partial charge is 0.696 e. The summed E-state index contributed by atoms with van der Waals surface area (Å²) < 4.78 is 25.1. The van der Waals surface area contributed by atoms with Gasteiger partial charge < -0.3 is 9.47 Å². The van der Waals surface area contributed by atoms with E-state index in [9.17, 15) is 9.36 Å². The minimum absolute atomic E-state index is 0.315. The summed E-state index contributed by atoms with van der Waals surface area (Å²) in [7, 11) is 1.98. The SMILES string of the molecule is COC(=O)OCC(Cl)(Cl)Cl.CO[P+](=O)OC. The summed E-state index contributed by atoms with van der Waals surface area (Å²) in [5.41, 5.74) is 0. The fourth-order valence-electron chi connectivity index (χ4n) is 0.274. The van der Waals surface area contributed by atoms with Gasteiger partial charge in [0.1, 0.15) is 6.61 Å². The van der Waals surface area contributed by atoms with E-state index in [1.165, 1.54) is 21.3 Å². The lowest BCUT2D eigenvalue weighted by Gasteiger charge is -2.09. The van der Waals surface area contributed by atoms with Crippen molar-refractivity contribution in [2.45, 2.75) is 3.79 Å². The number of carbonyl (C=O) groups is 1. The predicted octanol–water partition coefficient (Wildman–Crippen LogP) is 3.08. The lowest BCUT2D eigenvalue weighted by molar-refractivity contribution is 0.0742. The molecule has 16 heavy (non-hydrogen) atoms. The molecule has 0 bridgehead atoms. The van der Waals surface area contributed by atoms with E-state index in [1.807, 2.05) is 0 Å². The monoisotopic (exact) mass is 315 g/mol. The van der Waals surface area contributed by atoms with Crippen molar-refractivity contribution in [2.75, 3.05) is 27.9 Å². The summed E-state index contributed by atoms with van der Waals surface area (Å²) in [6.07, 6.45) is -0.869. The van der Waals surface area contributed by atoms with Crippen molar-refractivity contribution >= 4 is 49.2 Å².